The molecule has 0 atom stereocenters. The molecule has 0 bridgehead atoms. The number of amides is 1. The van der Waals surface area contributed by atoms with Crippen molar-refractivity contribution in [2.24, 2.45) is 5.41 Å². The van der Waals surface area contributed by atoms with Gasteiger partial charge in [-0.3, -0.25) is 4.79 Å². The number of hydrogen-bond donors (Lipinski definition) is 1. The molecule has 0 saturated carbocycles. The van der Waals surface area contributed by atoms with E-state index in [9.17, 15) is 4.79 Å². The second-order valence-electron chi connectivity index (χ2n) is 7.08. The molecule has 20 heavy (non-hydrogen) atoms. The molecule has 112 valence electrons. The molecule has 0 aliphatic rings. The lowest BCUT2D eigenvalue weighted by Gasteiger charge is -2.26. The number of halogens is 1. The quantitative estimate of drug-likeness (QED) is 0.784. The summed E-state index contributed by atoms with van der Waals surface area (Å²) in [5, 5.41) is 4.03. The Labute approximate surface area is 131 Å². The summed E-state index contributed by atoms with van der Waals surface area (Å²) in [4.78, 5) is 12.4. The van der Waals surface area contributed by atoms with E-state index < -0.39 is 0 Å². The summed E-state index contributed by atoms with van der Waals surface area (Å²) in [5.74, 6) is 0.0261. The lowest BCUT2D eigenvalue weighted by molar-refractivity contribution is 0.0933. The Hall–Kier alpha value is -0.830. The number of hydrogen-bond acceptors (Lipinski definition) is 1. The maximum Gasteiger partial charge on any atom is 0.251 e. The second kappa shape index (κ2) is 6.75. The van der Waals surface area contributed by atoms with Crippen molar-refractivity contribution in [1.29, 1.82) is 0 Å². The van der Waals surface area contributed by atoms with Crippen molar-refractivity contribution in [2.75, 3.05) is 11.9 Å². The molecule has 0 heterocycles. The van der Waals surface area contributed by atoms with E-state index in [1.165, 1.54) is 0 Å². The summed E-state index contributed by atoms with van der Waals surface area (Å²) in [6.45, 7) is 11.4. The van der Waals surface area contributed by atoms with Crippen LogP contribution in [0.1, 0.15) is 57.0 Å². The SMILES string of the molecule is CC(C)(CCBr)CNC(=O)c1ccccc1C(C)(C)C. The Morgan fingerprint density at radius 2 is 1.75 bits per heavy atom. The summed E-state index contributed by atoms with van der Waals surface area (Å²) in [5.41, 5.74) is 1.96. The summed E-state index contributed by atoms with van der Waals surface area (Å²) in [6.07, 6.45) is 1.04. The first-order chi connectivity index (χ1) is 9.17. The average molecular weight is 340 g/mol. The van der Waals surface area contributed by atoms with Crippen LogP contribution >= 0.6 is 15.9 Å². The Balaban J connectivity index is 2.84. The van der Waals surface area contributed by atoms with Gasteiger partial charge in [-0.2, -0.15) is 0 Å². The number of benzene rings is 1. The van der Waals surface area contributed by atoms with E-state index in [0.717, 1.165) is 22.9 Å². The summed E-state index contributed by atoms with van der Waals surface area (Å²) >= 11 is 3.46. The molecule has 1 N–H and O–H groups in total. The third-order valence-electron chi connectivity index (χ3n) is 3.48. The molecule has 0 aromatic heterocycles. The lowest BCUT2D eigenvalue weighted by atomic mass is 9.83. The van der Waals surface area contributed by atoms with Crippen molar-refractivity contribution in [2.45, 2.75) is 46.5 Å². The average Bonchev–Trinajstić information content (AvgIpc) is 2.35. The highest BCUT2D eigenvalue weighted by Crippen LogP contribution is 2.26. The van der Waals surface area contributed by atoms with Gasteiger partial charge in [-0.15, -0.1) is 0 Å². The molecule has 0 aliphatic carbocycles. The number of carbonyl (C=O) groups is 1. The standard InChI is InChI=1S/C17H26BrNO/c1-16(2,3)14-9-7-6-8-13(14)15(20)19-12-17(4,5)10-11-18/h6-9H,10-12H2,1-5H3,(H,19,20). The molecule has 0 unspecified atom stereocenters. The minimum absolute atomic E-state index is 0.0261. The first-order valence-corrected chi connectivity index (χ1v) is 8.23. The Morgan fingerprint density at radius 1 is 1.15 bits per heavy atom. The van der Waals surface area contributed by atoms with Crippen molar-refractivity contribution in [3.05, 3.63) is 35.4 Å². The lowest BCUT2D eigenvalue weighted by Crippen LogP contribution is -2.35. The molecule has 0 radical (unpaired) electrons. The number of carbonyl (C=O) groups excluding carboxylic acids is 1. The van der Waals surface area contributed by atoms with Gasteiger partial charge >= 0.3 is 0 Å². The summed E-state index contributed by atoms with van der Waals surface area (Å²) in [7, 11) is 0. The van der Waals surface area contributed by atoms with E-state index in [1.54, 1.807) is 0 Å². The smallest absolute Gasteiger partial charge is 0.251 e. The van der Waals surface area contributed by atoms with Crippen molar-refractivity contribution in [1.82, 2.24) is 5.32 Å². The Morgan fingerprint density at radius 3 is 2.30 bits per heavy atom. The fraction of sp³-hybridized carbons (Fsp3) is 0.588. The highest BCUT2D eigenvalue weighted by Gasteiger charge is 2.23. The number of nitrogens with one attached hydrogen (secondary N) is 1. The van der Waals surface area contributed by atoms with Crippen LogP contribution in [-0.4, -0.2) is 17.8 Å². The van der Waals surface area contributed by atoms with E-state index in [0.29, 0.717) is 6.54 Å². The maximum atomic E-state index is 12.4. The number of rotatable bonds is 5. The highest BCUT2D eigenvalue weighted by atomic mass is 79.9. The predicted octanol–water partition coefficient (Wildman–Crippen LogP) is 4.53. The van der Waals surface area contributed by atoms with Crippen molar-refractivity contribution in [3.8, 4) is 0 Å². The first kappa shape index (κ1) is 17.2. The van der Waals surface area contributed by atoms with Gasteiger partial charge in [0.25, 0.3) is 5.91 Å². The zero-order chi connectivity index (χ0) is 15.4. The third-order valence-corrected chi connectivity index (χ3v) is 3.87. The van der Waals surface area contributed by atoms with Gasteiger partial charge < -0.3 is 5.32 Å². The largest absolute Gasteiger partial charge is 0.351 e. The van der Waals surface area contributed by atoms with Gasteiger partial charge in [0.15, 0.2) is 0 Å². The molecule has 2 nitrogen and oxygen atoms in total. The molecular weight excluding hydrogens is 314 g/mol. The molecule has 1 rings (SSSR count). The van der Waals surface area contributed by atoms with E-state index in [2.05, 4.69) is 55.9 Å². The summed E-state index contributed by atoms with van der Waals surface area (Å²) < 4.78 is 0. The Kier molecular flexibility index (Phi) is 5.81. The molecule has 0 fully saturated rings. The zero-order valence-corrected chi connectivity index (χ0v) is 14.8. The highest BCUT2D eigenvalue weighted by molar-refractivity contribution is 9.09. The van der Waals surface area contributed by atoms with Crippen LogP contribution in [-0.2, 0) is 5.41 Å². The van der Waals surface area contributed by atoms with Gasteiger partial charge in [-0.1, -0.05) is 68.7 Å². The molecule has 0 spiro atoms. The van der Waals surface area contributed by atoms with Crippen LogP contribution in [0, 0.1) is 5.41 Å². The second-order valence-corrected chi connectivity index (χ2v) is 7.87. The van der Waals surface area contributed by atoms with E-state index in [1.807, 2.05) is 24.3 Å². The molecule has 1 amide bonds. The molecule has 1 aromatic carbocycles. The van der Waals surface area contributed by atoms with Gasteiger partial charge in [0.05, 0.1) is 0 Å². The van der Waals surface area contributed by atoms with Gasteiger partial charge in [-0.25, -0.2) is 0 Å². The van der Waals surface area contributed by atoms with Gasteiger partial charge in [0.2, 0.25) is 0 Å². The van der Waals surface area contributed by atoms with E-state index in [4.69, 9.17) is 0 Å². The predicted molar refractivity (Wildman–Crippen MR) is 89.7 cm³/mol. The monoisotopic (exact) mass is 339 g/mol. The van der Waals surface area contributed by atoms with Gasteiger partial charge in [0, 0.05) is 17.4 Å². The van der Waals surface area contributed by atoms with Crippen LogP contribution in [0.4, 0.5) is 0 Å². The van der Waals surface area contributed by atoms with Crippen LogP contribution in [0.3, 0.4) is 0 Å². The van der Waals surface area contributed by atoms with E-state index in [-0.39, 0.29) is 16.7 Å². The minimum Gasteiger partial charge on any atom is -0.351 e. The number of alkyl halides is 1. The fourth-order valence-corrected chi connectivity index (χ4v) is 3.17. The van der Waals surface area contributed by atoms with E-state index >= 15 is 0 Å². The van der Waals surface area contributed by atoms with Crippen LogP contribution in [0.2, 0.25) is 0 Å². The molecule has 0 aliphatic heterocycles. The minimum atomic E-state index is -0.0285. The maximum absolute atomic E-state index is 12.4. The van der Waals surface area contributed by atoms with Crippen molar-refractivity contribution < 1.29 is 4.79 Å². The van der Waals surface area contributed by atoms with Crippen LogP contribution in [0.15, 0.2) is 24.3 Å². The first-order valence-electron chi connectivity index (χ1n) is 7.11. The molecule has 0 saturated heterocycles. The zero-order valence-electron chi connectivity index (χ0n) is 13.2. The molecular formula is C17H26BrNO. The topological polar surface area (TPSA) is 29.1 Å². The third kappa shape index (κ3) is 4.93. The van der Waals surface area contributed by atoms with Crippen molar-refractivity contribution in [3.63, 3.8) is 0 Å². The molecule has 1 aromatic rings. The molecule has 3 heteroatoms. The summed E-state index contributed by atoms with van der Waals surface area (Å²) in [6, 6.07) is 7.87. The normalized spacial score (nSPS) is 12.3. The van der Waals surface area contributed by atoms with Crippen LogP contribution < -0.4 is 5.32 Å². The van der Waals surface area contributed by atoms with Gasteiger partial charge in [-0.05, 0) is 28.9 Å². The van der Waals surface area contributed by atoms with Crippen molar-refractivity contribution >= 4 is 21.8 Å². The fourth-order valence-electron chi connectivity index (χ4n) is 2.09. The van der Waals surface area contributed by atoms with Crippen LogP contribution in [0.25, 0.3) is 0 Å². The van der Waals surface area contributed by atoms with Gasteiger partial charge in [0.1, 0.15) is 0 Å². The van der Waals surface area contributed by atoms with Crippen LogP contribution in [0.5, 0.6) is 0 Å². The Bertz CT molecular complexity index is 460.